The van der Waals surface area contributed by atoms with Crippen LogP contribution in [-0.2, 0) is 32.7 Å². The first-order valence-electron chi connectivity index (χ1n) is 27.4. The summed E-state index contributed by atoms with van der Waals surface area (Å²) in [5, 5.41) is 0. The summed E-state index contributed by atoms with van der Waals surface area (Å²) >= 11 is 0. The molecule has 0 bridgehead atoms. The van der Waals surface area contributed by atoms with Crippen molar-refractivity contribution in [3.05, 3.63) is 48.6 Å². The first-order chi connectivity index (χ1) is 32.0. The van der Waals surface area contributed by atoms with Gasteiger partial charge in [0.2, 0.25) is 0 Å². The predicted molar refractivity (Wildman–Crippen MR) is 280 cm³/mol. The predicted octanol–water partition coefficient (Wildman–Crippen LogP) is 16.6. The molecule has 0 saturated heterocycles. The highest BCUT2D eigenvalue weighted by Crippen LogP contribution is 2.43. The summed E-state index contributed by atoms with van der Waals surface area (Å²) in [5.41, 5.74) is 0. The quantitative estimate of drug-likeness (QED) is 0.0211. The molecule has 0 aliphatic rings. The van der Waals surface area contributed by atoms with Crippen LogP contribution in [-0.4, -0.2) is 74.9 Å². The molecular weight excluding hydrogens is 846 g/mol. The lowest BCUT2D eigenvalue weighted by Crippen LogP contribution is -2.37. The standard InChI is InChI=1S/C56H104NO8P/c1-6-8-10-12-14-16-18-20-22-24-25-26-27-28-29-30-31-33-34-36-38-40-42-44-46-48-55(58)62-52-54(53-64-66(60,61)63-51-50-57(3,4)5)65-56(59)49-47-45-43-41-39-37-35-32-23-21-19-17-15-13-11-9-7-2/h9,11,15,17,21,23,35,37,54H,6-8,10,12-14,16,18-20,22,24-34,36,38-53H2,1-5H3/p+1/b11-9-,17-15-,23-21-,37-35-. The first-order valence-corrected chi connectivity index (χ1v) is 28.9. The number of esters is 2. The average Bonchev–Trinajstić information content (AvgIpc) is 3.27. The zero-order valence-electron chi connectivity index (χ0n) is 43.7. The van der Waals surface area contributed by atoms with Gasteiger partial charge in [-0.3, -0.25) is 18.6 Å². The van der Waals surface area contributed by atoms with Gasteiger partial charge >= 0.3 is 19.8 Å². The number of ether oxygens (including phenoxy) is 2. The number of phosphoric acid groups is 1. The molecule has 1 N–H and O–H groups in total. The normalized spacial score (nSPS) is 13.7. The number of carbonyl (C=O) groups is 2. The van der Waals surface area contributed by atoms with E-state index in [1.807, 2.05) is 21.1 Å². The molecule has 10 heteroatoms. The van der Waals surface area contributed by atoms with Gasteiger partial charge in [0, 0.05) is 12.8 Å². The van der Waals surface area contributed by atoms with Gasteiger partial charge in [0.25, 0.3) is 0 Å². The minimum atomic E-state index is -4.39. The van der Waals surface area contributed by atoms with E-state index in [0.29, 0.717) is 17.4 Å². The van der Waals surface area contributed by atoms with Crippen LogP contribution < -0.4 is 0 Å². The van der Waals surface area contributed by atoms with Gasteiger partial charge in [0.05, 0.1) is 27.7 Å². The Morgan fingerprint density at radius 2 is 0.864 bits per heavy atom. The Labute approximate surface area is 407 Å². The van der Waals surface area contributed by atoms with Crippen molar-refractivity contribution >= 4 is 19.8 Å². The summed E-state index contributed by atoms with van der Waals surface area (Å²) in [5.74, 6) is -0.817. The van der Waals surface area contributed by atoms with Crippen LogP contribution in [0.25, 0.3) is 0 Å². The number of allylic oxidation sites excluding steroid dienone is 8. The van der Waals surface area contributed by atoms with E-state index in [4.69, 9.17) is 18.5 Å². The van der Waals surface area contributed by atoms with Crippen molar-refractivity contribution in [1.29, 1.82) is 0 Å². The zero-order chi connectivity index (χ0) is 48.5. The molecule has 0 spiro atoms. The van der Waals surface area contributed by atoms with Gasteiger partial charge < -0.3 is 18.9 Å². The molecule has 0 aromatic carbocycles. The smallest absolute Gasteiger partial charge is 0.462 e. The topological polar surface area (TPSA) is 108 Å². The highest BCUT2D eigenvalue weighted by atomic mass is 31.2. The number of carbonyl (C=O) groups excluding carboxylic acids is 2. The lowest BCUT2D eigenvalue weighted by atomic mass is 10.0. The molecule has 0 amide bonds. The van der Waals surface area contributed by atoms with E-state index in [-0.39, 0.29) is 32.0 Å². The molecule has 66 heavy (non-hydrogen) atoms. The number of hydrogen-bond acceptors (Lipinski definition) is 7. The third-order valence-corrected chi connectivity index (χ3v) is 12.9. The molecule has 9 nitrogen and oxygen atoms in total. The van der Waals surface area contributed by atoms with Crippen LogP contribution in [0, 0.1) is 0 Å². The molecule has 2 unspecified atom stereocenters. The van der Waals surface area contributed by atoms with Crippen molar-refractivity contribution in [3.63, 3.8) is 0 Å². The fraction of sp³-hybridized carbons (Fsp3) is 0.821. The summed E-state index contributed by atoms with van der Waals surface area (Å²) < 4.78 is 34.5. The number of likely N-dealkylation sites (N-methyl/N-ethyl adjacent to an activating group) is 1. The lowest BCUT2D eigenvalue weighted by Gasteiger charge is -2.24. The summed E-state index contributed by atoms with van der Waals surface area (Å²) in [6.07, 6.45) is 59.0. The van der Waals surface area contributed by atoms with Crippen LogP contribution in [0.4, 0.5) is 0 Å². The van der Waals surface area contributed by atoms with E-state index in [1.165, 1.54) is 141 Å². The van der Waals surface area contributed by atoms with Gasteiger partial charge in [-0.15, -0.1) is 0 Å². The first kappa shape index (κ1) is 64.0. The van der Waals surface area contributed by atoms with Crippen molar-refractivity contribution in [2.75, 3.05) is 47.5 Å². The molecular formula is C56H105NO8P+. The molecule has 0 aromatic rings. The van der Waals surface area contributed by atoms with Gasteiger partial charge in [-0.1, -0.05) is 229 Å². The van der Waals surface area contributed by atoms with E-state index >= 15 is 0 Å². The molecule has 386 valence electrons. The molecule has 0 rings (SSSR count). The van der Waals surface area contributed by atoms with Gasteiger partial charge in [0.1, 0.15) is 19.8 Å². The fourth-order valence-corrected chi connectivity index (χ4v) is 8.40. The molecule has 0 radical (unpaired) electrons. The minimum Gasteiger partial charge on any atom is -0.462 e. The molecule has 0 heterocycles. The maximum Gasteiger partial charge on any atom is 0.472 e. The third-order valence-electron chi connectivity index (χ3n) is 11.9. The number of rotatable bonds is 50. The summed E-state index contributed by atoms with van der Waals surface area (Å²) in [7, 11) is 1.46. The molecule has 0 aliphatic heterocycles. The van der Waals surface area contributed by atoms with Gasteiger partial charge in [0.15, 0.2) is 6.10 Å². The Hall–Kier alpha value is -2.03. The highest BCUT2D eigenvalue weighted by molar-refractivity contribution is 7.47. The fourth-order valence-electron chi connectivity index (χ4n) is 7.65. The van der Waals surface area contributed by atoms with Gasteiger partial charge in [-0.25, -0.2) is 4.57 Å². The maximum absolute atomic E-state index is 12.8. The average molecular weight is 951 g/mol. The minimum absolute atomic E-state index is 0.0264. The molecule has 0 aliphatic carbocycles. The van der Waals surface area contributed by atoms with Crippen molar-refractivity contribution in [2.45, 2.75) is 251 Å². The van der Waals surface area contributed by atoms with Crippen molar-refractivity contribution in [1.82, 2.24) is 0 Å². The van der Waals surface area contributed by atoms with Crippen LogP contribution in [0.3, 0.4) is 0 Å². The van der Waals surface area contributed by atoms with Crippen LogP contribution in [0.2, 0.25) is 0 Å². The molecule has 0 aromatic heterocycles. The van der Waals surface area contributed by atoms with E-state index < -0.39 is 26.5 Å². The van der Waals surface area contributed by atoms with E-state index in [2.05, 4.69) is 62.5 Å². The van der Waals surface area contributed by atoms with E-state index in [9.17, 15) is 19.0 Å². The van der Waals surface area contributed by atoms with Crippen LogP contribution >= 0.6 is 7.82 Å². The summed E-state index contributed by atoms with van der Waals surface area (Å²) in [4.78, 5) is 35.6. The number of unbranched alkanes of at least 4 members (excludes halogenated alkanes) is 28. The Bertz CT molecular complexity index is 1260. The zero-order valence-corrected chi connectivity index (χ0v) is 44.6. The Balaban J connectivity index is 4.16. The van der Waals surface area contributed by atoms with Crippen molar-refractivity contribution in [2.24, 2.45) is 0 Å². The van der Waals surface area contributed by atoms with Gasteiger partial charge in [-0.05, 0) is 51.4 Å². The molecule has 2 atom stereocenters. The largest absolute Gasteiger partial charge is 0.472 e. The van der Waals surface area contributed by atoms with Crippen LogP contribution in [0.1, 0.15) is 245 Å². The lowest BCUT2D eigenvalue weighted by molar-refractivity contribution is -0.870. The number of phosphoric ester groups is 1. The highest BCUT2D eigenvalue weighted by Gasteiger charge is 2.27. The Morgan fingerprint density at radius 1 is 0.485 bits per heavy atom. The summed E-state index contributed by atoms with van der Waals surface area (Å²) in [6.45, 7) is 4.32. The number of hydrogen-bond donors (Lipinski definition) is 1. The number of nitrogens with zero attached hydrogens (tertiary/aromatic N) is 1. The van der Waals surface area contributed by atoms with Gasteiger partial charge in [-0.2, -0.15) is 0 Å². The van der Waals surface area contributed by atoms with E-state index in [0.717, 1.165) is 70.6 Å². The molecule has 0 fully saturated rings. The van der Waals surface area contributed by atoms with Crippen LogP contribution in [0.15, 0.2) is 48.6 Å². The second kappa shape index (κ2) is 48.0. The van der Waals surface area contributed by atoms with E-state index in [1.54, 1.807) is 0 Å². The van der Waals surface area contributed by atoms with Crippen LogP contribution in [0.5, 0.6) is 0 Å². The Kier molecular flexibility index (Phi) is 46.5. The SMILES string of the molecule is CC/C=C\C/C=C\C/C=C\C/C=C\CCCCCCC(=O)OC(COC(=O)CCCCCCCCCCCCCCCCCCCCCCCCCCC)COP(=O)(O)OCC[N+](C)(C)C. The molecule has 0 saturated carbocycles. The Morgan fingerprint density at radius 3 is 1.29 bits per heavy atom. The monoisotopic (exact) mass is 951 g/mol. The van der Waals surface area contributed by atoms with Crippen molar-refractivity contribution in [3.8, 4) is 0 Å². The second-order valence-electron chi connectivity index (χ2n) is 19.6. The van der Waals surface area contributed by atoms with Crippen molar-refractivity contribution < 1.29 is 42.1 Å². The second-order valence-corrected chi connectivity index (χ2v) is 21.0. The third kappa shape index (κ3) is 51.4. The maximum atomic E-state index is 12.8. The summed E-state index contributed by atoms with van der Waals surface area (Å²) in [6, 6.07) is 0. The number of quaternary nitrogens is 1.